The Morgan fingerprint density at radius 2 is 1.27 bits per heavy atom. The predicted octanol–water partition coefficient (Wildman–Crippen LogP) is 2.86. The van der Waals surface area contributed by atoms with Gasteiger partial charge in [0.05, 0.1) is 14.2 Å². The van der Waals surface area contributed by atoms with Crippen molar-refractivity contribution in [1.82, 2.24) is 4.72 Å². The van der Waals surface area contributed by atoms with Crippen molar-refractivity contribution in [3.63, 3.8) is 0 Å². The molecule has 0 aliphatic heterocycles. The topological polar surface area (TPSA) is 105 Å². The van der Waals surface area contributed by atoms with Gasteiger partial charge in [-0.15, -0.1) is 0 Å². The number of anilines is 2. The molecule has 3 aromatic rings. The van der Waals surface area contributed by atoms with E-state index in [0.717, 1.165) is 5.56 Å². The summed E-state index contributed by atoms with van der Waals surface area (Å²) in [5, 5.41) is 0. The minimum atomic E-state index is -4.17. The number of benzene rings is 3. The number of nitrogens with one attached hydrogen (secondary N) is 1. The van der Waals surface area contributed by atoms with Crippen molar-refractivity contribution in [3.8, 4) is 11.5 Å². The number of sulfonamides is 1. The van der Waals surface area contributed by atoms with Crippen LogP contribution in [0.1, 0.15) is 5.56 Å². The summed E-state index contributed by atoms with van der Waals surface area (Å²) < 4.78 is 38.9. The van der Waals surface area contributed by atoms with E-state index in [0.29, 0.717) is 22.9 Å². The fourth-order valence-electron chi connectivity index (χ4n) is 3.66. The summed E-state index contributed by atoms with van der Waals surface area (Å²) in [5.74, 6) is -0.686. The third-order valence-electron chi connectivity index (χ3n) is 5.84. The van der Waals surface area contributed by atoms with Crippen molar-refractivity contribution in [2.24, 2.45) is 0 Å². The average molecular weight is 526 g/mol. The second-order valence-corrected chi connectivity index (χ2v) is 10.1. The number of methoxy groups -OCH3 is 2. The zero-order valence-electron chi connectivity index (χ0n) is 21.2. The monoisotopic (exact) mass is 525 g/mol. The number of amides is 2. The molecule has 0 aliphatic carbocycles. The standard InChI is InChI=1S/C27H31N3O6S/c1-29(21-10-14-23(35-3)15-11-21)26(31)19-37(33,34)28-25(18-20-8-6-5-7-9-20)27(32)30(2)22-12-16-24(36-4)17-13-22/h5-17,25,28H,18-19H2,1-4H3/t25-/m0/s1. The highest BCUT2D eigenvalue weighted by Crippen LogP contribution is 2.21. The minimum Gasteiger partial charge on any atom is -0.497 e. The molecule has 0 unspecified atom stereocenters. The highest BCUT2D eigenvalue weighted by molar-refractivity contribution is 7.90. The van der Waals surface area contributed by atoms with Crippen LogP contribution >= 0.6 is 0 Å². The molecule has 0 saturated carbocycles. The van der Waals surface area contributed by atoms with Crippen LogP contribution in [0, 0.1) is 0 Å². The van der Waals surface area contributed by atoms with Crippen molar-refractivity contribution in [1.29, 1.82) is 0 Å². The lowest BCUT2D eigenvalue weighted by Gasteiger charge is -2.25. The van der Waals surface area contributed by atoms with Gasteiger partial charge in [0.15, 0.2) is 0 Å². The Labute approximate surface area is 217 Å². The molecule has 196 valence electrons. The first kappa shape index (κ1) is 27.7. The van der Waals surface area contributed by atoms with Gasteiger partial charge in [-0.05, 0) is 60.5 Å². The summed E-state index contributed by atoms with van der Waals surface area (Å²) in [7, 11) is 1.96. The number of carbonyl (C=O) groups is 2. The minimum absolute atomic E-state index is 0.113. The molecule has 3 rings (SSSR count). The van der Waals surface area contributed by atoms with Crippen LogP contribution in [-0.2, 0) is 26.0 Å². The highest BCUT2D eigenvalue weighted by Gasteiger charge is 2.30. The van der Waals surface area contributed by atoms with Crippen molar-refractivity contribution >= 4 is 33.2 Å². The zero-order chi connectivity index (χ0) is 27.0. The molecule has 0 aliphatic rings. The second kappa shape index (κ2) is 12.4. The smallest absolute Gasteiger partial charge is 0.245 e. The number of carbonyl (C=O) groups excluding carboxylic acids is 2. The molecule has 9 nitrogen and oxygen atoms in total. The molecule has 0 spiro atoms. The van der Waals surface area contributed by atoms with E-state index < -0.39 is 33.6 Å². The van der Waals surface area contributed by atoms with Crippen LogP contribution in [0.15, 0.2) is 78.9 Å². The third-order valence-corrected chi connectivity index (χ3v) is 7.11. The lowest BCUT2D eigenvalue weighted by molar-refractivity contribution is -0.120. The van der Waals surface area contributed by atoms with Crippen LogP contribution in [0.25, 0.3) is 0 Å². The SMILES string of the molecule is COc1ccc(N(C)C(=O)CS(=O)(=O)N[C@@H](Cc2ccccc2)C(=O)N(C)c2ccc(OC)cc2)cc1. The predicted molar refractivity (Wildman–Crippen MR) is 144 cm³/mol. The normalized spacial score (nSPS) is 11.9. The Hall–Kier alpha value is -3.89. The third kappa shape index (κ3) is 7.55. The fourth-order valence-corrected chi connectivity index (χ4v) is 4.88. The average Bonchev–Trinajstić information content (AvgIpc) is 2.91. The van der Waals surface area contributed by atoms with Crippen molar-refractivity contribution < 1.29 is 27.5 Å². The Bertz CT molecular complexity index is 1300. The Balaban J connectivity index is 1.78. The zero-order valence-corrected chi connectivity index (χ0v) is 22.1. The van der Waals surface area contributed by atoms with Gasteiger partial charge < -0.3 is 19.3 Å². The largest absolute Gasteiger partial charge is 0.497 e. The summed E-state index contributed by atoms with van der Waals surface area (Å²) in [4.78, 5) is 28.9. The van der Waals surface area contributed by atoms with Gasteiger partial charge in [0.2, 0.25) is 21.8 Å². The molecular formula is C27H31N3O6S. The quantitative estimate of drug-likeness (QED) is 0.413. The molecule has 0 aromatic heterocycles. The Morgan fingerprint density at radius 3 is 1.76 bits per heavy atom. The van der Waals surface area contributed by atoms with Gasteiger partial charge in [-0.3, -0.25) is 9.59 Å². The van der Waals surface area contributed by atoms with E-state index in [-0.39, 0.29) is 6.42 Å². The van der Waals surface area contributed by atoms with E-state index in [1.165, 1.54) is 24.0 Å². The molecule has 0 bridgehead atoms. The summed E-state index contributed by atoms with van der Waals surface area (Å²) in [6.45, 7) is 0. The Morgan fingerprint density at radius 1 is 0.784 bits per heavy atom. The van der Waals surface area contributed by atoms with E-state index in [2.05, 4.69) is 4.72 Å². The first-order chi connectivity index (χ1) is 17.6. The molecule has 10 heteroatoms. The molecular weight excluding hydrogens is 494 g/mol. The maximum Gasteiger partial charge on any atom is 0.245 e. The van der Waals surface area contributed by atoms with Crippen molar-refractivity contribution in [2.75, 3.05) is 43.9 Å². The van der Waals surface area contributed by atoms with Gasteiger partial charge in [-0.1, -0.05) is 30.3 Å². The maximum atomic E-state index is 13.4. The van der Waals surface area contributed by atoms with Crippen LogP contribution < -0.4 is 24.0 Å². The summed E-state index contributed by atoms with van der Waals surface area (Å²) in [6.07, 6.45) is 0.113. The maximum absolute atomic E-state index is 13.4. The van der Waals surface area contributed by atoms with E-state index >= 15 is 0 Å². The summed E-state index contributed by atoms with van der Waals surface area (Å²) in [5.41, 5.74) is 1.85. The van der Waals surface area contributed by atoms with E-state index in [1.807, 2.05) is 30.3 Å². The van der Waals surface area contributed by atoms with Crippen molar-refractivity contribution in [3.05, 3.63) is 84.4 Å². The molecule has 1 N–H and O–H groups in total. The number of likely N-dealkylation sites (N-methyl/N-ethyl adjacent to an activating group) is 1. The van der Waals surface area contributed by atoms with Gasteiger partial charge in [-0.2, -0.15) is 0 Å². The first-order valence-electron chi connectivity index (χ1n) is 11.5. The van der Waals surface area contributed by atoms with Crippen LogP contribution in [0.4, 0.5) is 11.4 Å². The number of nitrogens with zero attached hydrogens (tertiary/aromatic N) is 2. The van der Waals surface area contributed by atoms with Crippen LogP contribution in [0.3, 0.4) is 0 Å². The van der Waals surface area contributed by atoms with Crippen molar-refractivity contribution in [2.45, 2.75) is 12.5 Å². The number of ether oxygens (including phenoxy) is 2. The first-order valence-corrected chi connectivity index (χ1v) is 13.1. The fraction of sp³-hybridized carbons (Fsp3) is 0.259. The number of rotatable bonds is 11. The second-order valence-electron chi connectivity index (χ2n) is 8.37. The lowest BCUT2D eigenvalue weighted by Crippen LogP contribution is -2.50. The number of hydrogen-bond acceptors (Lipinski definition) is 6. The molecule has 0 radical (unpaired) electrons. The van der Waals surface area contributed by atoms with E-state index in [4.69, 9.17) is 9.47 Å². The van der Waals surface area contributed by atoms with Gasteiger partial charge in [0.1, 0.15) is 23.3 Å². The van der Waals surface area contributed by atoms with E-state index in [9.17, 15) is 18.0 Å². The molecule has 0 heterocycles. The van der Waals surface area contributed by atoms with Crippen LogP contribution in [0.5, 0.6) is 11.5 Å². The molecule has 2 amide bonds. The lowest BCUT2D eigenvalue weighted by atomic mass is 10.1. The van der Waals surface area contributed by atoms with Gasteiger partial charge in [0.25, 0.3) is 0 Å². The van der Waals surface area contributed by atoms with Gasteiger partial charge in [0, 0.05) is 25.5 Å². The molecule has 3 aromatic carbocycles. The molecule has 0 saturated heterocycles. The molecule has 37 heavy (non-hydrogen) atoms. The highest BCUT2D eigenvalue weighted by atomic mass is 32.2. The van der Waals surface area contributed by atoms with Gasteiger partial charge in [-0.25, -0.2) is 13.1 Å². The summed E-state index contributed by atoms with van der Waals surface area (Å²) >= 11 is 0. The Kier molecular flexibility index (Phi) is 9.26. The summed E-state index contributed by atoms with van der Waals surface area (Å²) in [6, 6.07) is 21.4. The number of hydrogen-bond donors (Lipinski definition) is 1. The molecule has 0 fully saturated rings. The van der Waals surface area contributed by atoms with Crippen LogP contribution in [0.2, 0.25) is 0 Å². The molecule has 1 atom stereocenters. The van der Waals surface area contributed by atoms with Crippen LogP contribution in [-0.4, -0.2) is 60.3 Å². The van der Waals surface area contributed by atoms with E-state index in [1.54, 1.807) is 62.7 Å². The van der Waals surface area contributed by atoms with Gasteiger partial charge >= 0.3 is 0 Å².